The van der Waals surface area contributed by atoms with E-state index in [-0.39, 0.29) is 19.0 Å². The van der Waals surface area contributed by atoms with Crippen molar-refractivity contribution in [3.63, 3.8) is 0 Å². The van der Waals surface area contributed by atoms with Crippen LogP contribution in [-0.2, 0) is 13.6 Å². The zero-order valence-electron chi connectivity index (χ0n) is 9.93. The molecule has 0 fully saturated rings. The SMILES string of the molecule is CCOP(=O)(OCC)[C@H](N)c1ccc(F)cc1. The Morgan fingerprint density at radius 1 is 1.24 bits per heavy atom. The molecule has 0 aromatic heterocycles. The van der Waals surface area contributed by atoms with E-state index in [9.17, 15) is 8.96 Å². The highest BCUT2D eigenvalue weighted by Gasteiger charge is 2.33. The summed E-state index contributed by atoms with van der Waals surface area (Å²) >= 11 is 0. The van der Waals surface area contributed by atoms with Crippen LogP contribution in [0, 0.1) is 5.82 Å². The van der Waals surface area contributed by atoms with Crippen LogP contribution in [0.15, 0.2) is 24.3 Å². The van der Waals surface area contributed by atoms with Gasteiger partial charge in [-0.25, -0.2) is 4.39 Å². The number of nitrogens with two attached hydrogens (primary N) is 1. The molecule has 1 aromatic rings. The highest BCUT2D eigenvalue weighted by atomic mass is 31.2. The summed E-state index contributed by atoms with van der Waals surface area (Å²) in [4.78, 5) is 0. The van der Waals surface area contributed by atoms with Crippen molar-refractivity contribution >= 4 is 7.60 Å². The van der Waals surface area contributed by atoms with E-state index >= 15 is 0 Å². The van der Waals surface area contributed by atoms with Gasteiger partial charge >= 0.3 is 7.60 Å². The van der Waals surface area contributed by atoms with E-state index in [1.54, 1.807) is 13.8 Å². The van der Waals surface area contributed by atoms with E-state index in [2.05, 4.69) is 0 Å². The van der Waals surface area contributed by atoms with E-state index in [1.165, 1.54) is 24.3 Å². The predicted molar refractivity (Wildman–Crippen MR) is 64.2 cm³/mol. The molecule has 0 aliphatic carbocycles. The third-order valence-electron chi connectivity index (χ3n) is 2.17. The molecule has 0 heterocycles. The first kappa shape index (κ1) is 14.3. The van der Waals surface area contributed by atoms with E-state index in [1.807, 2.05) is 0 Å². The zero-order chi connectivity index (χ0) is 12.9. The van der Waals surface area contributed by atoms with Crippen molar-refractivity contribution in [1.82, 2.24) is 0 Å². The van der Waals surface area contributed by atoms with Crippen LogP contribution in [0.5, 0.6) is 0 Å². The topological polar surface area (TPSA) is 61.5 Å². The standard InChI is InChI=1S/C11H17FNO3P/c1-3-15-17(14,16-4-2)11(13)9-5-7-10(12)8-6-9/h5-8,11H,3-4,13H2,1-2H3/t11-/m0/s1. The summed E-state index contributed by atoms with van der Waals surface area (Å²) in [5.74, 6) is -1.27. The molecule has 0 saturated heterocycles. The van der Waals surface area contributed by atoms with Gasteiger partial charge < -0.3 is 14.8 Å². The Kier molecular flexibility index (Phi) is 5.28. The van der Waals surface area contributed by atoms with E-state index in [0.29, 0.717) is 5.56 Å². The predicted octanol–water partition coefficient (Wildman–Crippen LogP) is 3.05. The summed E-state index contributed by atoms with van der Waals surface area (Å²) in [7, 11) is -3.39. The van der Waals surface area contributed by atoms with Crippen LogP contribution < -0.4 is 5.73 Å². The molecule has 0 spiro atoms. The lowest BCUT2D eigenvalue weighted by molar-refractivity contribution is 0.212. The average Bonchev–Trinajstić information content (AvgIpc) is 2.30. The summed E-state index contributed by atoms with van der Waals surface area (Å²) in [6, 6.07) is 5.48. The van der Waals surface area contributed by atoms with Crippen LogP contribution in [0.2, 0.25) is 0 Å². The number of benzene rings is 1. The quantitative estimate of drug-likeness (QED) is 0.799. The van der Waals surface area contributed by atoms with E-state index in [0.717, 1.165) is 0 Å². The monoisotopic (exact) mass is 261 g/mol. The van der Waals surface area contributed by atoms with Gasteiger partial charge in [-0.05, 0) is 31.5 Å². The van der Waals surface area contributed by atoms with Gasteiger partial charge in [0.2, 0.25) is 0 Å². The van der Waals surface area contributed by atoms with Gasteiger partial charge in [0.1, 0.15) is 11.6 Å². The fraction of sp³-hybridized carbons (Fsp3) is 0.455. The maximum Gasteiger partial charge on any atom is 0.351 e. The minimum absolute atomic E-state index is 0.242. The van der Waals surface area contributed by atoms with Gasteiger partial charge in [-0.15, -0.1) is 0 Å². The van der Waals surface area contributed by atoms with Gasteiger partial charge in [0.15, 0.2) is 0 Å². The Hall–Kier alpha value is -0.740. The lowest BCUT2D eigenvalue weighted by Crippen LogP contribution is -2.15. The summed E-state index contributed by atoms with van der Waals surface area (Å²) in [6.07, 6.45) is 0. The van der Waals surface area contributed by atoms with Crippen molar-refractivity contribution < 1.29 is 18.0 Å². The van der Waals surface area contributed by atoms with Crippen LogP contribution in [-0.4, -0.2) is 13.2 Å². The third kappa shape index (κ3) is 3.61. The van der Waals surface area contributed by atoms with Gasteiger partial charge in [0.25, 0.3) is 0 Å². The van der Waals surface area contributed by atoms with E-state index in [4.69, 9.17) is 14.8 Å². The lowest BCUT2D eigenvalue weighted by atomic mass is 10.2. The maximum absolute atomic E-state index is 12.8. The largest absolute Gasteiger partial charge is 0.351 e. The van der Waals surface area contributed by atoms with Crippen molar-refractivity contribution in [2.24, 2.45) is 5.73 Å². The second kappa shape index (κ2) is 6.26. The van der Waals surface area contributed by atoms with Gasteiger partial charge in [-0.1, -0.05) is 12.1 Å². The number of halogens is 1. The first-order valence-corrected chi connectivity index (χ1v) is 7.04. The number of rotatable bonds is 6. The smallest absolute Gasteiger partial charge is 0.314 e. The summed E-state index contributed by atoms with van der Waals surface area (Å²) in [5, 5.41) is 0. The highest BCUT2D eigenvalue weighted by Crippen LogP contribution is 2.58. The Labute approximate surface area is 100 Å². The highest BCUT2D eigenvalue weighted by molar-refractivity contribution is 7.54. The fourth-order valence-electron chi connectivity index (χ4n) is 1.40. The molecule has 0 unspecified atom stereocenters. The van der Waals surface area contributed by atoms with Crippen molar-refractivity contribution in [2.75, 3.05) is 13.2 Å². The Morgan fingerprint density at radius 2 is 1.71 bits per heavy atom. The molecule has 4 nitrogen and oxygen atoms in total. The molecule has 6 heteroatoms. The second-order valence-electron chi connectivity index (χ2n) is 3.37. The molecule has 0 saturated carbocycles. The van der Waals surface area contributed by atoms with Crippen LogP contribution in [0.25, 0.3) is 0 Å². The Bertz CT molecular complexity index is 386. The molecule has 0 bridgehead atoms. The molecule has 1 atom stereocenters. The third-order valence-corrected chi connectivity index (χ3v) is 4.39. The molecule has 0 radical (unpaired) electrons. The minimum atomic E-state index is -3.39. The molecular formula is C11H17FNO3P. The van der Waals surface area contributed by atoms with Crippen molar-refractivity contribution in [1.29, 1.82) is 0 Å². The van der Waals surface area contributed by atoms with Gasteiger partial charge in [-0.3, -0.25) is 4.57 Å². The lowest BCUT2D eigenvalue weighted by Gasteiger charge is -2.23. The molecule has 2 N–H and O–H groups in total. The molecule has 1 aromatic carbocycles. The van der Waals surface area contributed by atoms with Gasteiger partial charge in [0, 0.05) is 0 Å². The Morgan fingerprint density at radius 3 is 2.12 bits per heavy atom. The molecular weight excluding hydrogens is 244 g/mol. The minimum Gasteiger partial charge on any atom is -0.314 e. The van der Waals surface area contributed by atoms with Crippen LogP contribution in [0.4, 0.5) is 4.39 Å². The van der Waals surface area contributed by atoms with Crippen LogP contribution >= 0.6 is 7.60 Å². The second-order valence-corrected chi connectivity index (χ2v) is 5.52. The summed E-state index contributed by atoms with van der Waals surface area (Å²) in [6.45, 7) is 3.91. The maximum atomic E-state index is 12.8. The number of hydrogen-bond donors (Lipinski definition) is 1. The average molecular weight is 261 g/mol. The fourth-order valence-corrected chi connectivity index (χ4v) is 3.05. The van der Waals surface area contributed by atoms with Gasteiger partial charge in [0.05, 0.1) is 13.2 Å². The van der Waals surface area contributed by atoms with Gasteiger partial charge in [-0.2, -0.15) is 0 Å². The summed E-state index contributed by atoms with van der Waals surface area (Å²) in [5.41, 5.74) is 6.38. The molecule has 0 aliphatic rings. The molecule has 0 amide bonds. The van der Waals surface area contributed by atoms with E-state index < -0.39 is 13.4 Å². The van der Waals surface area contributed by atoms with Crippen molar-refractivity contribution in [3.05, 3.63) is 35.6 Å². The molecule has 96 valence electrons. The number of hydrogen-bond acceptors (Lipinski definition) is 4. The first-order valence-electron chi connectivity index (χ1n) is 5.43. The van der Waals surface area contributed by atoms with Crippen LogP contribution in [0.1, 0.15) is 25.2 Å². The normalized spacial score (nSPS) is 13.6. The molecule has 17 heavy (non-hydrogen) atoms. The summed E-state index contributed by atoms with van der Waals surface area (Å²) < 4.78 is 35.4. The van der Waals surface area contributed by atoms with Crippen molar-refractivity contribution in [2.45, 2.75) is 19.6 Å². The first-order chi connectivity index (χ1) is 8.03. The molecule has 0 aliphatic heterocycles. The molecule has 1 rings (SSSR count). The van der Waals surface area contributed by atoms with Crippen LogP contribution in [0.3, 0.4) is 0 Å². The zero-order valence-corrected chi connectivity index (χ0v) is 10.8. The van der Waals surface area contributed by atoms with Crippen molar-refractivity contribution in [3.8, 4) is 0 Å². The Balaban J connectivity index is 2.95.